The van der Waals surface area contributed by atoms with Crippen molar-refractivity contribution in [2.24, 2.45) is 0 Å². The molecule has 1 aliphatic rings. The van der Waals surface area contributed by atoms with Gasteiger partial charge in [0.2, 0.25) is 6.10 Å². The number of rotatable bonds is 4. The highest BCUT2D eigenvalue weighted by molar-refractivity contribution is 9.08. The number of carbonyl (C=O) groups is 1. The van der Waals surface area contributed by atoms with E-state index in [4.69, 9.17) is 14.3 Å². The number of allylic oxidation sites excluding steroid dienone is 5. The monoisotopic (exact) mass is 500 g/mol. The molecule has 0 spiro atoms. The van der Waals surface area contributed by atoms with E-state index < -0.39 is 23.8 Å². The Morgan fingerprint density at radius 1 is 1.29 bits per heavy atom. The van der Waals surface area contributed by atoms with Crippen LogP contribution in [-0.2, 0) is 4.79 Å². The van der Waals surface area contributed by atoms with Gasteiger partial charge in [0.15, 0.2) is 0 Å². The summed E-state index contributed by atoms with van der Waals surface area (Å²) in [4.78, 5) is 11.1. The SMILES string of the molecule is C=C/C=C\C/C=C\C.CBr.Cc1coc2ccc3c(c12)C=C(C(=O)O)C(C(F)(F)F)O3. The molecule has 3 rings (SSSR count). The van der Waals surface area contributed by atoms with Crippen molar-refractivity contribution < 1.29 is 32.2 Å². The van der Waals surface area contributed by atoms with Crippen LogP contribution in [0, 0.1) is 6.92 Å². The van der Waals surface area contributed by atoms with E-state index >= 15 is 0 Å². The number of carboxylic acid groups (broad SMARTS) is 1. The van der Waals surface area contributed by atoms with Crippen molar-refractivity contribution in [2.45, 2.75) is 32.5 Å². The zero-order valence-corrected chi connectivity index (χ0v) is 19.0. The van der Waals surface area contributed by atoms with E-state index in [1.807, 2.05) is 24.9 Å². The number of halogens is 4. The van der Waals surface area contributed by atoms with E-state index in [1.54, 1.807) is 13.0 Å². The first-order chi connectivity index (χ1) is 14.7. The number of aliphatic carboxylic acids is 1. The lowest BCUT2D eigenvalue weighted by Crippen LogP contribution is -2.40. The molecule has 1 atom stereocenters. The van der Waals surface area contributed by atoms with Gasteiger partial charge in [-0.1, -0.05) is 52.9 Å². The van der Waals surface area contributed by atoms with Gasteiger partial charge in [0.05, 0.1) is 11.8 Å². The molecular weight excluding hydrogens is 477 g/mol. The second kappa shape index (κ2) is 12.2. The maximum atomic E-state index is 12.9. The van der Waals surface area contributed by atoms with Crippen molar-refractivity contribution in [1.82, 2.24) is 0 Å². The Balaban J connectivity index is 0.000000409. The number of furan rings is 1. The number of alkyl halides is 4. The van der Waals surface area contributed by atoms with Gasteiger partial charge >= 0.3 is 12.1 Å². The summed E-state index contributed by atoms with van der Waals surface area (Å²) in [5.74, 6) is 0.132. The van der Waals surface area contributed by atoms with E-state index in [0.29, 0.717) is 16.5 Å². The molecule has 0 fully saturated rings. The molecule has 1 aromatic heterocycles. The molecule has 1 N–H and O–H groups in total. The van der Waals surface area contributed by atoms with Gasteiger partial charge in [-0.25, -0.2) is 4.79 Å². The zero-order valence-electron chi connectivity index (χ0n) is 17.4. The summed E-state index contributed by atoms with van der Waals surface area (Å²) in [5.41, 5.74) is 0.595. The summed E-state index contributed by atoms with van der Waals surface area (Å²) >= 11 is 2.94. The third kappa shape index (κ3) is 6.89. The van der Waals surface area contributed by atoms with Gasteiger partial charge in [-0.3, -0.25) is 0 Å². The number of fused-ring (bicyclic) bond motifs is 3. The Labute approximate surface area is 187 Å². The highest BCUT2D eigenvalue weighted by Crippen LogP contribution is 2.41. The van der Waals surface area contributed by atoms with Crippen LogP contribution >= 0.6 is 15.9 Å². The summed E-state index contributed by atoms with van der Waals surface area (Å²) < 4.78 is 48.9. The molecule has 2 aromatic rings. The molecule has 0 saturated carbocycles. The molecule has 4 nitrogen and oxygen atoms in total. The van der Waals surface area contributed by atoms with Crippen molar-refractivity contribution in [1.29, 1.82) is 0 Å². The number of hydrogen-bond donors (Lipinski definition) is 1. The zero-order chi connectivity index (χ0) is 23.6. The molecule has 1 aliphatic heterocycles. The first-order valence-corrected chi connectivity index (χ1v) is 10.7. The molecule has 8 heteroatoms. The first kappa shape index (κ1) is 26.3. The van der Waals surface area contributed by atoms with Crippen LogP contribution in [0.1, 0.15) is 24.5 Å². The smallest absolute Gasteiger partial charge is 0.430 e. The Morgan fingerprint density at radius 3 is 2.52 bits per heavy atom. The van der Waals surface area contributed by atoms with Gasteiger partial charge in [-0.05, 0) is 49.9 Å². The van der Waals surface area contributed by atoms with Crippen LogP contribution in [0.4, 0.5) is 13.2 Å². The van der Waals surface area contributed by atoms with Crippen molar-refractivity contribution in [3.05, 3.63) is 72.1 Å². The van der Waals surface area contributed by atoms with Crippen LogP contribution in [0.3, 0.4) is 0 Å². The van der Waals surface area contributed by atoms with Gasteiger partial charge in [-0.15, -0.1) is 0 Å². The lowest BCUT2D eigenvalue weighted by molar-refractivity contribution is -0.187. The fourth-order valence-corrected chi connectivity index (χ4v) is 2.77. The average molecular weight is 501 g/mol. The molecule has 0 aliphatic carbocycles. The quantitative estimate of drug-likeness (QED) is 0.273. The largest absolute Gasteiger partial charge is 0.478 e. The minimum absolute atomic E-state index is 0.0145. The topological polar surface area (TPSA) is 59.7 Å². The van der Waals surface area contributed by atoms with Crippen LogP contribution in [-0.4, -0.2) is 29.2 Å². The maximum absolute atomic E-state index is 12.9. The Bertz CT molecular complexity index is 985. The molecule has 0 radical (unpaired) electrons. The van der Waals surface area contributed by atoms with Crippen LogP contribution in [0.25, 0.3) is 17.0 Å². The number of aryl methyl sites for hydroxylation is 1. The molecule has 0 bridgehead atoms. The molecular formula is C23H24BrF3O4. The molecule has 168 valence electrons. The third-order valence-electron chi connectivity index (χ3n) is 4.08. The van der Waals surface area contributed by atoms with E-state index in [1.165, 1.54) is 18.4 Å². The van der Waals surface area contributed by atoms with E-state index in [-0.39, 0.29) is 11.3 Å². The van der Waals surface area contributed by atoms with Crippen molar-refractivity contribution >= 4 is 38.9 Å². The molecule has 0 amide bonds. The van der Waals surface area contributed by atoms with Crippen LogP contribution in [0.5, 0.6) is 5.75 Å². The van der Waals surface area contributed by atoms with Crippen molar-refractivity contribution in [2.75, 3.05) is 5.83 Å². The summed E-state index contributed by atoms with van der Waals surface area (Å²) in [6.45, 7) is 7.28. The number of ether oxygens (including phenoxy) is 1. The van der Waals surface area contributed by atoms with Crippen LogP contribution < -0.4 is 4.74 Å². The highest BCUT2D eigenvalue weighted by Gasteiger charge is 2.48. The van der Waals surface area contributed by atoms with Gasteiger partial charge < -0.3 is 14.3 Å². The maximum Gasteiger partial charge on any atom is 0.430 e. The first-order valence-electron chi connectivity index (χ1n) is 9.16. The second-order valence-electron chi connectivity index (χ2n) is 6.18. The second-order valence-corrected chi connectivity index (χ2v) is 6.18. The standard InChI is InChI=1S/C14H9F3O4.C8H12.CH3Br/c1-6-5-20-10-3-2-9-7(11(6)10)4-8(13(18)19)12(21-9)14(15,16)17;1-3-5-7-8-6-4-2;1-2/h2-5,12H,1H3,(H,18,19);3-7H,1,8H2,2H3;1H3/b;6-4-,7-5-;. The van der Waals surface area contributed by atoms with E-state index in [0.717, 1.165) is 12.5 Å². The minimum Gasteiger partial charge on any atom is -0.478 e. The number of hydrogen-bond acceptors (Lipinski definition) is 3. The number of benzene rings is 1. The summed E-state index contributed by atoms with van der Waals surface area (Å²) in [6.07, 6.45) is 6.11. The summed E-state index contributed by atoms with van der Waals surface area (Å²) in [5, 5.41) is 9.57. The predicted octanol–water partition coefficient (Wildman–Crippen LogP) is 7.24. The molecule has 2 heterocycles. The molecule has 1 aromatic carbocycles. The molecule has 31 heavy (non-hydrogen) atoms. The molecule has 0 saturated heterocycles. The lowest BCUT2D eigenvalue weighted by Gasteiger charge is -2.27. The Kier molecular flexibility index (Phi) is 10.3. The Hall–Kier alpha value is -2.74. The van der Waals surface area contributed by atoms with E-state index in [2.05, 4.69) is 34.7 Å². The van der Waals surface area contributed by atoms with Crippen LogP contribution in [0.2, 0.25) is 0 Å². The van der Waals surface area contributed by atoms with Crippen molar-refractivity contribution in [3.8, 4) is 5.75 Å². The fourth-order valence-electron chi connectivity index (χ4n) is 2.77. The predicted molar refractivity (Wildman–Crippen MR) is 121 cm³/mol. The van der Waals surface area contributed by atoms with Gasteiger partial charge in [0.1, 0.15) is 11.3 Å². The van der Waals surface area contributed by atoms with Crippen LogP contribution in [0.15, 0.2) is 65.3 Å². The summed E-state index contributed by atoms with van der Waals surface area (Å²) in [7, 11) is 0. The highest BCUT2D eigenvalue weighted by atomic mass is 79.9. The molecule has 1 unspecified atom stereocenters. The third-order valence-corrected chi connectivity index (χ3v) is 4.08. The van der Waals surface area contributed by atoms with E-state index in [9.17, 15) is 18.0 Å². The minimum atomic E-state index is -4.80. The normalized spacial score (nSPS) is 15.3. The van der Waals surface area contributed by atoms with Gasteiger partial charge in [-0.2, -0.15) is 13.2 Å². The lowest BCUT2D eigenvalue weighted by atomic mass is 9.97. The Morgan fingerprint density at radius 2 is 1.97 bits per heavy atom. The average Bonchev–Trinajstić information content (AvgIpc) is 3.13. The number of carboxylic acids is 1. The fraction of sp³-hybridized carbons (Fsp3) is 0.261. The summed E-state index contributed by atoms with van der Waals surface area (Å²) in [6, 6.07) is 2.84. The van der Waals surface area contributed by atoms with Gasteiger partial charge in [0.25, 0.3) is 0 Å². The van der Waals surface area contributed by atoms with Gasteiger partial charge in [0, 0.05) is 10.9 Å². The van der Waals surface area contributed by atoms with Crippen molar-refractivity contribution in [3.63, 3.8) is 0 Å².